The molecule has 0 saturated carbocycles. The van der Waals surface area contributed by atoms with Crippen LogP contribution in [0.15, 0.2) is 24.3 Å². The Kier molecular flexibility index (Phi) is 4.76. The molecule has 0 spiro atoms. The lowest BCUT2D eigenvalue weighted by atomic mass is 10.2. The van der Waals surface area contributed by atoms with Gasteiger partial charge in [-0.15, -0.1) is 23.5 Å². The molecule has 6 heteroatoms. The first-order valence-corrected chi connectivity index (χ1v) is 7.77. The third-order valence-corrected chi connectivity index (χ3v) is 5.86. The summed E-state index contributed by atoms with van der Waals surface area (Å²) in [5.74, 6) is 1.18. The van der Waals surface area contributed by atoms with E-state index in [0.717, 1.165) is 17.6 Å². The van der Waals surface area contributed by atoms with Crippen molar-refractivity contribution in [3.05, 3.63) is 29.8 Å². The van der Waals surface area contributed by atoms with Gasteiger partial charge >= 0.3 is 0 Å². The molecule has 1 fully saturated rings. The van der Waals surface area contributed by atoms with E-state index in [1.165, 1.54) is 16.7 Å². The largest absolute Gasteiger partial charge is 0.497 e. The van der Waals surface area contributed by atoms with E-state index in [0.29, 0.717) is 5.75 Å². The second kappa shape index (κ2) is 6.34. The molecule has 0 aromatic heterocycles. The number of carbonyl (C=O) groups excluding carboxylic acids is 2. The second-order valence-corrected chi connectivity index (χ2v) is 6.70. The lowest BCUT2D eigenvalue weighted by Crippen LogP contribution is -2.35. The number of nitrogens with zero attached hydrogens (tertiary/aromatic N) is 1. The van der Waals surface area contributed by atoms with E-state index in [4.69, 9.17) is 4.74 Å². The SMILES string of the molecule is COc1ccc(C2SCC(=O)N(C)C(C=O)S2)cc1. The molecule has 2 atom stereocenters. The zero-order valence-electron chi connectivity index (χ0n) is 10.7. The zero-order chi connectivity index (χ0) is 13.8. The van der Waals surface area contributed by atoms with E-state index in [1.54, 1.807) is 25.9 Å². The summed E-state index contributed by atoms with van der Waals surface area (Å²) < 4.78 is 5.20. The van der Waals surface area contributed by atoms with Crippen LogP contribution in [0, 0.1) is 0 Å². The molecule has 1 saturated heterocycles. The molecular weight excluding hydrogens is 282 g/mol. The molecule has 0 aliphatic carbocycles. The third kappa shape index (κ3) is 3.25. The van der Waals surface area contributed by atoms with Crippen LogP contribution in [0.25, 0.3) is 0 Å². The quantitative estimate of drug-likeness (QED) is 0.800. The summed E-state index contributed by atoms with van der Waals surface area (Å²) in [5.41, 5.74) is 1.09. The van der Waals surface area contributed by atoms with Gasteiger partial charge in [-0.3, -0.25) is 4.79 Å². The van der Waals surface area contributed by atoms with Crippen LogP contribution >= 0.6 is 23.5 Å². The average Bonchev–Trinajstić information content (AvgIpc) is 2.60. The third-order valence-electron chi connectivity index (χ3n) is 2.90. The fraction of sp³-hybridized carbons (Fsp3) is 0.385. The number of thioether (sulfide) groups is 2. The molecule has 2 unspecified atom stereocenters. The van der Waals surface area contributed by atoms with Crippen molar-refractivity contribution in [1.29, 1.82) is 0 Å². The normalized spacial score (nSPS) is 23.9. The van der Waals surface area contributed by atoms with Crippen molar-refractivity contribution >= 4 is 35.7 Å². The molecule has 0 bridgehead atoms. The maximum atomic E-state index is 11.8. The number of rotatable bonds is 3. The van der Waals surface area contributed by atoms with Crippen LogP contribution in [-0.4, -0.2) is 42.4 Å². The van der Waals surface area contributed by atoms with Crippen LogP contribution in [0.1, 0.15) is 10.1 Å². The maximum Gasteiger partial charge on any atom is 0.233 e. The van der Waals surface area contributed by atoms with Crippen molar-refractivity contribution in [1.82, 2.24) is 4.90 Å². The van der Waals surface area contributed by atoms with E-state index in [1.807, 2.05) is 24.3 Å². The van der Waals surface area contributed by atoms with Crippen LogP contribution < -0.4 is 4.74 Å². The van der Waals surface area contributed by atoms with Gasteiger partial charge in [-0.2, -0.15) is 0 Å². The lowest BCUT2D eigenvalue weighted by Gasteiger charge is -2.21. The number of aldehydes is 1. The maximum absolute atomic E-state index is 11.8. The molecule has 19 heavy (non-hydrogen) atoms. The minimum absolute atomic E-state index is 0.00869. The van der Waals surface area contributed by atoms with Crippen LogP contribution in [0.2, 0.25) is 0 Å². The molecule has 1 heterocycles. The second-order valence-electron chi connectivity index (χ2n) is 4.08. The highest BCUT2D eigenvalue weighted by atomic mass is 32.2. The number of benzene rings is 1. The minimum atomic E-state index is -0.422. The number of ether oxygens (including phenoxy) is 1. The number of carbonyl (C=O) groups is 2. The Bertz CT molecular complexity index is 463. The smallest absolute Gasteiger partial charge is 0.233 e. The first-order valence-electron chi connectivity index (χ1n) is 5.77. The van der Waals surface area contributed by atoms with Gasteiger partial charge < -0.3 is 14.4 Å². The van der Waals surface area contributed by atoms with E-state index in [9.17, 15) is 9.59 Å². The zero-order valence-corrected chi connectivity index (χ0v) is 12.4. The number of methoxy groups -OCH3 is 1. The fourth-order valence-electron chi connectivity index (χ4n) is 1.71. The first kappa shape index (κ1) is 14.3. The highest BCUT2D eigenvalue weighted by Crippen LogP contribution is 2.44. The molecule has 1 aliphatic rings. The number of hydrogen-bond acceptors (Lipinski definition) is 5. The van der Waals surface area contributed by atoms with Crippen LogP contribution in [0.3, 0.4) is 0 Å². The molecule has 4 nitrogen and oxygen atoms in total. The van der Waals surface area contributed by atoms with E-state index < -0.39 is 5.37 Å². The Balaban J connectivity index is 2.18. The monoisotopic (exact) mass is 297 g/mol. The highest BCUT2D eigenvalue weighted by Gasteiger charge is 2.29. The van der Waals surface area contributed by atoms with Crippen molar-refractivity contribution in [2.24, 2.45) is 0 Å². The lowest BCUT2D eigenvalue weighted by molar-refractivity contribution is -0.129. The van der Waals surface area contributed by atoms with Gasteiger partial charge in [-0.25, -0.2) is 0 Å². The van der Waals surface area contributed by atoms with Crippen molar-refractivity contribution < 1.29 is 14.3 Å². The molecule has 1 aliphatic heterocycles. The first-order chi connectivity index (χ1) is 9.15. The van der Waals surface area contributed by atoms with E-state index in [2.05, 4.69) is 0 Å². The summed E-state index contributed by atoms with van der Waals surface area (Å²) in [6.07, 6.45) is 0.824. The molecule has 0 radical (unpaired) electrons. The Morgan fingerprint density at radius 2 is 2.05 bits per heavy atom. The summed E-state index contributed by atoms with van der Waals surface area (Å²) >= 11 is 3.04. The summed E-state index contributed by atoms with van der Waals surface area (Å²) in [5, 5.41) is -0.422. The van der Waals surface area contributed by atoms with Crippen LogP contribution in [0.5, 0.6) is 5.75 Å². The summed E-state index contributed by atoms with van der Waals surface area (Å²) in [6.45, 7) is 0. The molecule has 1 aromatic rings. The van der Waals surface area contributed by atoms with Gasteiger partial charge in [-0.05, 0) is 17.7 Å². The molecule has 0 N–H and O–H groups in total. The van der Waals surface area contributed by atoms with Crippen molar-refractivity contribution in [3.8, 4) is 5.75 Å². The average molecular weight is 297 g/mol. The van der Waals surface area contributed by atoms with Gasteiger partial charge in [-0.1, -0.05) is 12.1 Å². The number of likely N-dealkylation sites (N-methyl/N-ethyl adjacent to an activating group) is 1. The summed E-state index contributed by atoms with van der Waals surface area (Å²) in [7, 11) is 3.30. The molecule has 1 amide bonds. The Hall–Kier alpha value is -1.14. The van der Waals surface area contributed by atoms with Crippen LogP contribution in [0.4, 0.5) is 0 Å². The molecular formula is C13H15NO3S2. The van der Waals surface area contributed by atoms with Crippen molar-refractivity contribution in [2.45, 2.75) is 9.96 Å². The Morgan fingerprint density at radius 3 is 2.63 bits per heavy atom. The number of hydrogen-bond donors (Lipinski definition) is 0. The van der Waals surface area contributed by atoms with Gasteiger partial charge in [0.25, 0.3) is 0 Å². The molecule has 1 aromatic carbocycles. The van der Waals surface area contributed by atoms with Gasteiger partial charge in [0, 0.05) is 7.05 Å². The molecule has 2 rings (SSSR count). The van der Waals surface area contributed by atoms with Crippen molar-refractivity contribution in [2.75, 3.05) is 19.9 Å². The Labute approximate surface area is 120 Å². The van der Waals surface area contributed by atoms with Gasteiger partial charge in [0.1, 0.15) is 11.1 Å². The van der Waals surface area contributed by atoms with E-state index >= 15 is 0 Å². The number of amides is 1. The predicted molar refractivity (Wildman–Crippen MR) is 78.4 cm³/mol. The predicted octanol–water partition coefficient (Wildman–Crippen LogP) is 2.16. The molecule has 102 valence electrons. The Morgan fingerprint density at radius 1 is 1.37 bits per heavy atom. The standard InChI is InChI=1S/C13H15NO3S2/c1-14-11(16)8-18-13(19-12(14)7-15)9-3-5-10(17-2)6-4-9/h3-7,12-13H,8H2,1-2H3. The van der Waals surface area contributed by atoms with Gasteiger partial charge in [0.05, 0.1) is 17.4 Å². The fourth-order valence-corrected chi connectivity index (χ4v) is 4.35. The minimum Gasteiger partial charge on any atom is -0.497 e. The topological polar surface area (TPSA) is 46.6 Å². The van der Waals surface area contributed by atoms with E-state index in [-0.39, 0.29) is 10.5 Å². The summed E-state index contributed by atoms with van der Waals surface area (Å²) in [6, 6.07) is 7.73. The summed E-state index contributed by atoms with van der Waals surface area (Å²) in [4.78, 5) is 24.4. The highest BCUT2D eigenvalue weighted by molar-refractivity contribution is 8.17. The van der Waals surface area contributed by atoms with Crippen molar-refractivity contribution in [3.63, 3.8) is 0 Å². The van der Waals surface area contributed by atoms with Gasteiger partial charge in [0.15, 0.2) is 6.29 Å². The van der Waals surface area contributed by atoms with Gasteiger partial charge in [0.2, 0.25) is 5.91 Å². The van der Waals surface area contributed by atoms with Crippen LogP contribution in [-0.2, 0) is 9.59 Å².